The number of aromatic nitrogens is 1. The van der Waals surface area contributed by atoms with Crippen molar-refractivity contribution in [3.8, 4) is 5.75 Å². The molecule has 31 heteroatoms. The Bertz CT molecular complexity index is 3530. The maximum Gasteiger partial charge on any atom is 0.408 e. The Kier molecular flexibility index (Phi) is 30.7. The second kappa shape index (κ2) is 38.9. The number of benzene rings is 4. The van der Waals surface area contributed by atoms with Gasteiger partial charge in [-0.2, -0.15) is 0 Å². The van der Waals surface area contributed by atoms with Crippen LogP contribution in [-0.4, -0.2) is 177 Å². The molecule has 0 unspecified atom stereocenters. The average Bonchev–Trinajstić information content (AvgIpc) is 1.76. The molecule has 0 radical (unpaired) electrons. The molecule has 0 saturated carbocycles. The van der Waals surface area contributed by atoms with Crippen molar-refractivity contribution in [2.75, 3.05) is 26.2 Å². The standard InChI is InChI=1S/C64H83N15O14.C2H4O2/c1-37(2)29-47(56(85)72-46(19-11-27-69-63(67)68)62(91)79-28-12-20-52(79)61(90)71-34-54(66)83)73-57(86)48(30-38-13-5-3-6-14-38)74-58(87)49(31-39-21-23-42(81)24-22-39)75-60(89)51(35-80)77-59(88)50(32-41-33-70-44-18-10-9-17-43(41)44)76-55(84)45(25-26-53(65)82)78-64(92)93-36-40-15-7-4-8-16-40;1-2(3)4/h3-10,13-18,21-24,33,37,45-52,70,80-81H,11-12,19-20,25-32,34-36H2,1-2H3,(H2,65,82)(H2,66,83)(H,71,90)(H,72,85)(H,73,86)(H,74,87)(H,75,89)(H,76,84)(H,77,88)(H,78,92)(H4,67,68,69);1H3,(H,3,4)/t45-,46-,47-,48+,49-,50-,51-,52-;/m0./s1. The molecule has 2 heterocycles. The SMILES string of the molecule is CC(=O)O.CC(C)C[C@H](NC(=O)[C@@H](Cc1ccccc1)NC(=O)[C@H](Cc1ccc(O)cc1)NC(=O)[C@H](CO)NC(=O)[C@H](Cc1c[nH]c2ccccc12)NC(=O)[C@H](CCC(N)=O)NC(=O)OCc1ccccc1)C(=O)N[C@@H](CCCN=C(N)N)C(=O)N1CCC[C@H]1C(=O)NCC(N)=O. The highest BCUT2D eigenvalue weighted by Crippen LogP contribution is 2.22. The Labute approximate surface area is 559 Å². The number of aliphatic imine (C=N–C) groups is 1. The number of para-hydroxylation sites is 1. The Morgan fingerprint density at radius 3 is 1.68 bits per heavy atom. The van der Waals surface area contributed by atoms with E-state index >= 15 is 0 Å². The molecule has 1 aliphatic rings. The van der Waals surface area contributed by atoms with E-state index in [1.165, 1.54) is 29.2 Å². The number of amides is 11. The number of nitrogens with zero attached hydrogens (tertiary/aromatic N) is 2. The number of alkyl carbamates (subject to hydrolysis) is 1. The monoisotopic (exact) mass is 1350 g/mol. The van der Waals surface area contributed by atoms with Crippen molar-refractivity contribution >= 4 is 88.0 Å². The molecule has 6 rings (SSSR count). The van der Waals surface area contributed by atoms with Gasteiger partial charge in [-0.15, -0.1) is 0 Å². The molecule has 4 aromatic carbocycles. The fraction of sp³-hybridized carbons (Fsp3) is 0.409. The first kappa shape index (κ1) is 76.6. The number of carbonyl (C=O) groups excluding carboxylic acids is 11. The number of likely N-dealkylation sites (tertiary alicyclic amines) is 1. The van der Waals surface area contributed by atoms with Gasteiger partial charge in [0.2, 0.25) is 59.1 Å². The molecular formula is C66H87N15O16. The number of phenolic OH excluding ortho intramolecular Hbond substituents is 1. The van der Waals surface area contributed by atoms with Crippen LogP contribution in [0.25, 0.3) is 10.9 Å². The van der Waals surface area contributed by atoms with E-state index in [9.17, 15) is 63.0 Å². The summed E-state index contributed by atoms with van der Waals surface area (Å²) in [7, 11) is 0. The smallest absolute Gasteiger partial charge is 0.408 e. The summed E-state index contributed by atoms with van der Waals surface area (Å²) in [6, 6.07) is 18.4. The second-order valence-electron chi connectivity index (χ2n) is 23.4. The van der Waals surface area contributed by atoms with Crippen molar-refractivity contribution in [1.82, 2.24) is 52.4 Å². The summed E-state index contributed by atoms with van der Waals surface area (Å²) in [5.41, 5.74) is 24.6. The van der Waals surface area contributed by atoms with Gasteiger partial charge in [-0.05, 0) is 84.9 Å². The lowest BCUT2D eigenvalue weighted by Gasteiger charge is -2.30. The number of aliphatic hydroxyl groups is 1. The number of aliphatic hydroxyl groups excluding tert-OH is 1. The lowest BCUT2D eigenvalue weighted by atomic mass is 9.99. The molecule has 0 spiro atoms. The summed E-state index contributed by atoms with van der Waals surface area (Å²) < 4.78 is 5.34. The zero-order valence-corrected chi connectivity index (χ0v) is 54.1. The number of carboxylic acid groups (broad SMARTS) is 1. The predicted octanol–water partition coefficient (Wildman–Crippen LogP) is -0.854. The van der Waals surface area contributed by atoms with Gasteiger partial charge in [0.05, 0.1) is 13.2 Å². The molecule has 1 aromatic heterocycles. The number of phenols is 1. The largest absolute Gasteiger partial charge is 0.508 e. The second-order valence-corrected chi connectivity index (χ2v) is 23.4. The van der Waals surface area contributed by atoms with Crippen molar-refractivity contribution < 1.29 is 77.6 Å². The number of hydrogen-bond donors (Lipinski definition) is 16. The third-order valence-electron chi connectivity index (χ3n) is 15.1. The summed E-state index contributed by atoms with van der Waals surface area (Å²) >= 11 is 0. The summed E-state index contributed by atoms with van der Waals surface area (Å²) in [6.45, 7) is 3.21. The molecule has 97 heavy (non-hydrogen) atoms. The van der Waals surface area contributed by atoms with Crippen LogP contribution in [0.3, 0.4) is 0 Å². The highest BCUT2D eigenvalue weighted by atomic mass is 16.5. The van der Waals surface area contributed by atoms with Crippen LogP contribution in [0.2, 0.25) is 0 Å². The molecule has 31 nitrogen and oxygen atoms in total. The van der Waals surface area contributed by atoms with E-state index < -0.39 is 133 Å². The van der Waals surface area contributed by atoms with E-state index in [2.05, 4.69) is 52.5 Å². The summed E-state index contributed by atoms with van der Waals surface area (Å²) in [5.74, 6) is -9.86. The molecule has 522 valence electrons. The quantitative estimate of drug-likeness (QED) is 0.0133. The van der Waals surface area contributed by atoms with Crippen LogP contribution >= 0.6 is 0 Å². The van der Waals surface area contributed by atoms with Crippen molar-refractivity contribution in [3.05, 3.63) is 138 Å². The number of ether oxygens (including phenoxy) is 1. The fourth-order valence-corrected chi connectivity index (χ4v) is 10.4. The minimum absolute atomic E-state index is 0.00693. The fourth-order valence-electron chi connectivity index (χ4n) is 10.4. The summed E-state index contributed by atoms with van der Waals surface area (Å²) in [6.07, 6.45) is 0.139. The lowest BCUT2D eigenvalue weighted by Crippen LogP contribution is -2.61. The van der Waals surface area contributed by atoms with Crippen LogP contribution in [-0.2, 0) is 83.3 Å². The Hall–Kier alpha value is -11.1. The molecule has 1 fully saturated rings. The average molecular weight is 1350 g/mol. The van der Waals surface area contributed by atoms with E-state index in [4.69, 9.17) is 37.6 Å². The third kappa shape index (κ3) is 26.3. The molecule has 1 aliphatic heterocycles. The lowest BCUT2D eigenvalue weighted by molar-refractivity contribution is -0.142. The molecule has 11 amide bonds. The number of aromatic amines is 1. The van der Waals surface area contributed by atoms with Crippen molar-refractivity contribution in [2.45, 2.75) is 140 Å². The van der Waals surface area contributed by atoms with E-state index in [0.29, 0.717) is 39.6 Å². The van der Waals surface area contributed by atoms with Gasteiger partial charge in [0.25, 0.3) is 5.97 Å². The van der Waals surface area contributed by atoms with Crippen LogP contribution in [0.15, 0.2) is 120 Å². The van der Waals surface area contributed by atoms with Gasteiger partial charge in [0.15, 0.2) is 5.96 Å². The van der Waals surface area contributed by atoms with Crippen LogP contribution < -0.4 is 65.5 Å². The number of carboxylic acids is 1. The number of nitrogens with two attached hydrogens (primary N) is 4. The van der Waals surface area contributed by atoms with Gasteiger partial charge in [0, 0.05) is 62.8 Å². The van der Waals surface area contributed by atoms with Crippen molar-refractivity contribution in [1.29, 1.82) is 0 Å². The number of aliphatic carboxylic acids is 1. The van der Waals surface area contributed by atoms with Gasteiger partial charge in [0.1, 0.15) is 60.7 Å². The van der Waals surface area contributed by atoms with Crippen molar-refractivity contribution in [2.24, 2.45) is 33.8 Å². The van der Waals surface area contributed by atoms with E-state index in [-0.39, 0.29) is 95.1 Å². The number of guanidine groups is 1. The minimum atomic E-state index is -1.82. The first-order chi connectivity index (χ1) is 46.2. The molecule has 0 bridgehead atoms. The van der Waals surface area contributed by atoms with Crippen LogP contribution in [0.4, 0.5) is 4.79 Å². The maximum absolute atomic E-state index is 14.9. The predicted molar refractivity (Wildman–Crippen MR) is 354 cm³/mol. The molecule has 20 N–H and O–H groups in total. The Balaban J connectivity index is 0.00000413. The number of fused-ring (bicyclic) bond motifs is 1. The molecule has 0 aliphatic carbocycles. The van der Waals surface area contributed by atoms with Gasteiger partial charge < -0.3 is 95.4 Å². The topological polar surface area (TPSA) is 506 Å². The highest BCUT2D eigenvalue weighted by molar-refractivity contribution is 5.99. The number of nitrogens with one attached hydrogen (secondary N) is 9. The van der Waals surface area contributed by atoms with Crippen LogP contribution in [0, 0.1) is 5.92 Å². The Morgan fingerprint density at radius 2 is 1.11 bits per heavy atom. The first-order valence-corrected chi connectivity index (χ1v) is 31.4. The first-order valence-electron chi connectivity index (χ1n) is 31.4. The molecule has 1 saturated heterocycles. The van der Waals surface area contributed by atoms with Gasteiger partial charge in [-0.1, -0.05) is 105 Å². The third-order valence-corrected chi connectivity index (χ3v) is 15.1. The normalized spacial score (nSPS) is 14.6. The van der Waals surface area contributed by atoms with Gasteiger partial charge in [-0.3, -0.25) is 57.7 Å². The zero-order chi connectivity index (χ0) is 71.1. The number of rotatable bonds is 35. The molecule has 5 aromatic rings. The zero-order valence-electron chi connectivity index (χ0n) is 54.1. The van der Waals surface area contributed by atoms with Crippen LogP contribution in [0.5, 0.6) is 5.75 Å². The van der Waals surface area contributed by atoms with E-state index in [1.54, 1.807) is 105 Å². The van der Waals surface area contributed by atoms with E-state index in [1.807, 2.05) is 0 Å². The summed E-state index contributed by atoms with van der Waals surface area (Å²) in [5, 5.41) is 49.9. The van der Waals surface area contributed by atoms with Crippen molar-refractivity contribution in [3.63, 3.8) is 0 Å². The van der Waals surface area contributed by atoms with Gasteiger partial charge >= 0.3 is 6.09 Å². The minimum Gasteiger partial charge on any atom is -0.508 e. The van der Waals surface area contributed by atoms with Gasteiger partial charge in [-0.25, -0.2) is 4.79 Å². The van der Waals surface area contributed by atoms with E-state index in [0.717, 1.165) is 6.92 Å². The number of primary amides is 2. The maximum atomic E-state index is 14.9. The van der Waals surface area contributed by atoms with Crippen LogP contribution in [0.1, 0.15) is 88.0 Å². The number of aromatic hydroxyl groups is 1. The number of carbonyl (C=O) groups is 12. The molecule has 8 atom stereocenters. The highest BCUT2D eigenvalue weighted by Gasteiger charge is 2.40. The number of hydrogen-bond acceptors (Lipinski definition) is 16. The summed E-state index contributed by atoms with van der Waals surface area (Å²) in [4.78, 5) is 169. The molecular weight excluding hydrogens is 1260 g/mol. The Morgan fingerprint density at radius 1 is 0.608 bits per heavy atom. The number of H-pyrrole nitrogens is 1.